The summed E-state index contributed by atoms with van der Waals surface area (Å²) in [7, 11) is 0.106. The summed E-state index contributed by atoms with van der Waals surface area (Å²) < 4.78 is 25.4. The van der Waals surface area contributed by atoms with Gasteiger partial charge in [0, 0.05) is 32.6 Å². The largest absolute Gasteiger partial charge is 0.328 e. The van der Waals surface area contributed by atoms with Gasteiger partial charge in [0.1, 0.15) is 17.5 Å². The number of hydrogen-bond donors (Lipinski definition) is 2. The van der Waals surface area contributed by atoms with Crippen LogP contribution in [0.3, 0.4) is 0 Å². The number of aryl methyl sites for hydroxylation is 1. The molecule has 0 unspecified atom stereocenters. The van der Waals surface area contributed by atoms with Crippen LogP contribution in [0.25, 0.3) is 0 Å². The van der Waals surface area contributed by atoms with Crippen molar-refractivity contribution < 1.29 is 18.0 Å². The molecule has 2 N–H and O–H groups in total. The summed E-state index contributed by atoms with van der Waals surface area (Å²) in [6.45, 7) is 1.74. The summed E-state index contributed by atoms with van der Waals surface area (Å²) in [5.41, 5.74) is 3.20. The highest BCUT2D eigenvalue weighted by atomic mass is 32.2. The number of nitriles is 1. The van der Waals surface area contributed by atoms with Gasteiger partial charge in [0.25, 0.3) is 0 Å². The molecule has 10 heteroatoms. The Morgan fingerprint density at radius 3 is 2.18 bits per heavy atom. The maximum absolute atomic E-state index is 12.8. The first-order chi connectivity index (χ1) is 15.5. The molecule has 0 bridgehead atoms. The number of ketones is 1. The van der Waals surface area contributed by atoms with Crippen LogP contribution in [0.2, 0.25) is 0 Å². The number of nitrogens with one attached hydrogen (secondary N) is 2. The number of fused-ring (bicyclic) bond motifs is 1. The number of para-hydroxylation sites is 2. The fourth-order valence-corrected chi connectivity index (χ4v) is 4.26. The van der Waals surface area contributed by atoms with Gasteiger partial charge >= 0.3 is 0 Å². The molecule has 0 aliphatic carbocycles. The van der Waals surface area contributed by atoms with Crippen molar-refractivity contribution in [3.8, 4) is 6.07 Å². The number of nitrogens with zero attached hydrogens (tertiary/aromatic N) is 3. The minimum atomic E-state index is -3.47. The number of sulfonamides is 1. The molecule has 0 radical (unpaired) electrons. The van der Waals surface area contributed by atoms with Crippen molar-refractivity contribution in [3.05, 3.63) is 59.4 Å². The van der Waals surface area contributed by atoms with Crippen LogP contribution in [0, 0.1) is 18.3 Å². The van der Waals surface area contributed by atoms with Gasteiger partial charge in [0.15, 0.2) is 5.78 Å². The van der Waals surface area contributed by atoms with Gasteiger partial charge in [-0.3, -0.25) is 14.3 Å². The van der Waals surface area contributed by atoms with Crippen LogP contribution in [0.4, 0.5) is 22.7 Å². The number of carbonyl (C=O) groups excluding carboxylic acids is 2. The molecule has 1 heterocycles. The summed E-state index contributed by atoms with van der Waals surface area (Å²) in [5, 5.41) is 12.3. The van der Waals surface area contributed by atoms with Crippen LogP contribution < -0.4 is 19.8 Å². The number of allylic oxidation sites excluding steroid dienone is 1. The van der Waals surface area contributed by atoms with E-state index >= 15 is 0 Å². The van der Waals surface area contributed by atoms with E-state index in [-0.39, 0.29) is 18.4 Å². The van der Waals surface area contributed by atoms with Gasteiger partial charge < -0.3 is 15.1 Å². The third-order valence-corrected chi connectivity index (χ3v) is 5.84. The highest BCUT2D eigenvalue weighted by Gasteiger charge is 2.31. The van der Waals surface area contributed by atoms with Crippen molar-refractivity contribution in [2.75, 3.05) is 40.2 Å². The lowest BCUT2D eigenvalue weighted by Gasteiger charge is -2.19. The summed E-state index contributed by atoms with van der Waals surface area (Å²) in [5.74, 6) is -0.382. The molecule has 1 aliphatic heterocycles. The number of amides is 1. The first-order valence-corrected chi connectivity index (χ1v) is 12.0. The minimum Gasteiger partial charge on any atom is -0.328 e. The molecule has 3 rings (SSSR count). The maximum Gasteiger partial charge on any atom is 0.229 e. The smallest absolute Gasteiger partial charge is 0.229 e. The van der Waals surface area contributed by atoms with Gasteiger partial charge in [-0.2, -0.15) is 5.26 Å². The average molecular weight is 468 g/mol. The van der Waals surface area contributed by atoms with Crippen LogP contribution in [0.15, 0.2) is 53.9 Å². The van der Waals surface area contributed by atoms with Gasteiger partial charge in [-0.15, -0.1) is 0 Å². The van der Waals surface area contributed by atoms with E-state index in [9.17, 15) is 23.3 Å². The van der Waals surface area contributed by atoms with Gasteiger partial charge in [-0.25, -0.2) is 8.42 Å². The van der Waals surface area contributed by atoms with E-state index < -0.39 is 21.7 Å². The summed E-state index contributed by atoms with van der Waals surface area (Å²) in [6, 6.07) is 14.4. The molecular weight excluding hydrogens is 442 g/mol. The molecule has 33 heavy (non-hydrogen) atoms. The lowest BCUT2D eigenvalue weighted by molar-refractivity contribution is -0.120. The second-order valence-corrected chi connectivity index (χ2v) is 9.54. The Morgan fingerprint density at radius 2 is 1.64 bits per heavy atom. The Kier molecular flexibility index (Phi) is 6.74. The summed E-state index contributed by atoms with van der Waals surface area (Å²) >= 11 is 0. The van der Waals surface area contributed by atoms with Crippen molar-refractivity contribution in [1.82, 2.24) is 0 Å². The minimum absolute atomic E-state index is 0.0148. The quantitative estimate of drug-likeness (QED) is 0.474. The van der Waals surface area contributed by atoms with Crippen LogP contribution in [-0.4, -0.2) is 40.5 Å². The van der Waals surface area contributed by atoms with Crippen molar-refractivity contribution in [2.24, 2.45) is 0 Å². The second kappa shape index (κ2) is 9.34. The lowest BCUT2D eigenvalue weighted by atomic mass is 10.1. The van der Waals surface area contributed by atoms with Gasteiger partial charge in [-0.1, -0.05) is 18.2 Å². The zero-order chi connectivity index (χ0) is 24.3. The molecule has 0 saturated carbocycles. The van der Waals surface area contributed by atoms with E-state index in [0.29, 0.717) is 22.8 Å². The molecule has 2 aromatic rings. The monoisotopic (exact) mass is 467 g/mol. The van der Waals surface area contributed by atoms with E-state index in [1.54, 1.807) is 43.0 Å². The Hall–Kier alpha value is -3.84. The summed E-state index contributed by atoms with van der Waals surface area (Å²) in [6.07, 6.45) is 0.777. The van der Waals surface area contributed by atoms with E-state index in [1.807, 2.05) is 30.3 Å². The Bertz CT molecular complexity index is 1260. The van der Waals surface area contributed by atoms with Gasteiger partial charge in [0.05, 0.1) is 23.3 Å². The number of benzene rings is 2. The van der Waals surface area contributed by atoms with Crippen LogP contribution in [0.5, 0.6) is 0 Å². The fourth-order valence-electron chi connectivity index (χ4n) is 3.64. The van der Waals surface area contributed by atoms with Crippen molar-refractivity contribution >= 4 is 44.5 Å². The number of carbonyl (C=O) groups is 2. The van der Waals surface area contributed by atoms with Crippen LogP contribution in [-0.2, 0) is 19.6 Å². The number of anilines is 4. The first kappa shape index (κ1) is 23.8. The van der Waals surface area contributed by atoms with E-state index in [1.165, 1.54) is 6.07 Å². The topological polar surface area (TPSA) is 123 Å². The fraction of sp³-hybridized carbons (Fsp3) is 0.261. The van der Waals surface area contributed by atoms with Gasteiger partial charge in [0.2, 0.25) is 15.9 Å². The van der Waals surface area contributed by atoms with Crippen LogP contribution >= 0.6 is 0 Å². The number of Topliss-reactive ketones (excluding diaryl/α,β-unsaturated/α-hetero) is 1. The first-order valence-electron chi connectivity index (χ1n) is 10.1. The Balaban J connectivity index is 1.70. The summed E-state index contributed by atoms with van der Waals surface area (Å²) in [4.78, 5) is 28.8. The predicted molar refractivity (Wildman–Crippen MR) is 128 cm³/mol. The van der Waals surface area contributed by atoms with Crippen LogP contribution in [0.1, 0.15) is 18.4 Å². The zero-order valence-corrected chi connectivity index (χ0v) is 19.7. The Morgan fingerprint density at radius 1 is 1.03 bits per heavy atom. The van der Waals surface area contributed by atoms with E-state index in [2.05, 4.69) is 10.0 Å². The molecule has 2 aromatic carbocycles. The third kappa shape index (κ3) is 5.32. The molecule has 9 nitrogen and oxygen atoms in total. The van der Waals surface area contributed by atoms with Crippen molar-refractivity contribution in [2.45, 2.75) is 19.8 Å². The normalized spacial score (nSPS) is 12.8. The second-order valence-electron chi connectivity index (χ2n) is 7.79. The molecule has 0 aromatic heterocycles. The maximum atomic E-state index is 12.8. The number of rotatable bonds is 7. The predicted octanol–water partition coefficient (Wildman–Crippen LogP) is 2.98. The van der Waals surface area contributed by atoms with E-state index in [4.69, 9.17) is 0 Å². The molecule has 0 atom stereocenters. The highest BCUT2D eigenvalue weighted by Crippen LogP contribution is 2.40. The molecule has 0 fully saturated rings. The molecule has 0 spiro atoms. The highest BCUT2D eigenvalue weighted by molar-refractivity contribution is 7.92. The third-order valence-electron chi connectivity index (χ3n) is 5.25. The van der Waals surface area contributed by atoms with E-state index in [0.717, 1.165) is 17.6 Å². The standard InChI is InChI=1S/C23H25N5O4S/c1-15-9-10-16(13-18(15)26-33(4,31)32)25-22(30)12-11-21(29)17(14-24)23-27(2)19-7-5-6-8-20(19)28(23)3/h5-10,13,26H,11-12H2,1-4H3,(H,25,30). The molecule has 172 valence electrons. The number of hydrogen-bond acceptors (Lipinski definition) is 7. The molecular formula is C23H25N5O4S. The van der Waals surface area contributed by atoms with Crippen molar-refractivity contribution in [1.29, 1.82) is 5.26 Å². The average Bonchev–Trinajstić information content (AvgIpc) is 3.00. The SMILES string of the molecule is Cc1ccc(NC(=O)CCC(=O)C(C#N)=C2N(C)c3ccccc3N2C)cc1NS(C)(=O)=O. The Labute approximate surface area is 193 Å². The molecule has 0 saturated heterocycles. The molecule has 1 aliphatic rings. The van der Waals surface area contributed by atoms with Crippen molar-refractivity contribution in [3.63, 3.8) is 0 Å². The lowest BCUT2D eigenvalue weighted by Crippen LogP contribution is -2.26. The zero-order valence-electron chi connectivity index (χ0n) is 18.8. The molecule has 1 amide bonds. The van der Waals surface area contributed by atoms with Gasteiger partial charge in [-0.05, 0) is 36.8 Å².